The number of ether oxygens (including phenoxy) is 2. The number of nitrogens with zero attached hydrogens (tertiary/aromatic N) is 3. The molecule has 1 aromatic heterocycles. The van der Waals surface area contributed by atoms with Gasteiger partial charge in [0.2, 0.25) is 5.88 Å². The monoisotopic (exact) mass is 341 g/mol. The van der Waals surface area contributed by atoms with Crippen LogP contribution >= 0.6 is 0 Å². The van der Waals surface area contributed by atoms with Crippen LogP contribution < -0.4 is 4.74 Å². The summed E-state index contributed by atoms with van der Waals surface area (Å²) in [4.78, 5) is 10.8. The summed E-state index contributed by atoms with van der Waals surface area (Å²) < 4.78 is 34.8. The molecule has 1 heterocycles. The summed E-state index contributed by atoms with van der Waals surface area (Å²) >= 11 is 0. The normalized spacial score (nSPS) is 21.4. The third-order valence-electron chi connectivity index (χ3n) is 4.13. The first kappa shape index (κ1) is 18.6. The number of hydrogen-bond donors (Lipinski definition) is 0. The van der Waals surface area contributed by atoms with E-state index in [1.807, 2.05) is 24.9 Å². The molecule has 0 saturated heterocycles. The summed E-state index contributed by atoms with van der Waals surface area (Å²) in [5.41, 5.74) is 1.60. The highest BCUT2D eigenvalue weighted by Crippen LogP contribution is 2.27. The Kier molecular flexibility index (Phi) is 6.90. The fourth-order valence-corrected chi connectivity index (χ4v) is 2.58. The van der Waals surface area contributed by atoms with Crippen molar-refractivity contribution in [3.63, 3.8) is 0 Å². The second-order valence-corrected chi connectivity index (χ2v) is 5.99. The molecular weight excluding hydrogens is 316 g/mol. The Morgan fingerprint density at radius 2 is 1.96 bits per heavy atom. The molecule has 7 heteroatoms. The summed E-state index contributed by atoms with van der Waals surface area (Å²) in [6.45, 7) is 2.12. The van der Waals surface area contributed by atoms with Gasteiger partial charge in [-0.2, -0.15) is 8.78 Å². The molecule has 0 radical (unpaired) electrons. The molecule has 1 aromatic rings. The van der Waals surface area contributed by atoms with E-state index < -0.39 is 6.61 Å². The van der Waals surface area contributed by atoms with Crippen molar-refractivity contribution in [3.8, 4) is 5.88 Å². The Balaban J connectivity index is 1.88. The Morgan fingerprint density at radius 3 is 2.54 bits per heavy atom. The van der Waals surface area contributed by atoms with Gasteiger partial charge in [0.25, 0.3) is 0 Å². The molecule has 5 nitrogen and oxygen atoms in total. The van der Waals surface area contributed by atoms with Crippen molar-refractivity contribution in [3.05, 3.63) is 17.8 Å². The van der Waals surface area contributed by atoms with Gasteiger partial charge < -0.3 is 14.4 Å². The molecule has 0 amide bonds. The minimum atomic E-state index is -2.70. The molecule has 1 aliphatic carbocycles. The zero-order chi connectivity index (χ0) is 17.5. The van der Waals surface area contributed by atoms with Crippen LogP contribution in [0.5, 0.6) is 5.88 Å². The van der Waals surface area contributed by atoms with Gasteiger partial charge in [-0.3, -0.25) is 0 Å². The van der Waals surface area contributed by atoms with Crippen molar-refractivity contribution in [2.45, 2.75) is 58.4 Å². The summed E-state index contributed by atoms with van der Waals surface area (Å²) in [6.07, 6.45) is 3.95. The number of halogens is 2. The van der Waals surface area contributed by atoms with Gasteiger partial charge in [0.05, 0.1) is 23.8 Å². The maximum absolute atomic E-state index is 12.2. The number of aromatic nitrogens is 1. The van der Waals surface area contributed by atoms with Crippen LogP contribution in [0, 0.1) is 6.92 Å². The van der Waals surface area contributed by atoms with Gasteiger partial charge in [0, 0.05) is 19.7 Å². The van der Waals surface area contributed by atoms with Crippen LogP contribution in [-0.4, -0.2) is 48.6 Å². The first-order valence-corrected chi connectivity index (χ1v) is 8.30. The second kappa shape index (κ2) is 8.92. The zero-order valence-corrected chi connectivity index (χ0v) is 14.4. The third kappa shape index (κ3) is 5.70. The van der Waals surface area contributed by atoms with Crippen LogP contribution in [0.2, 0.25) is 0 Å². The summed E-state index contributed by atoms with van der Waals surface area (Å²) in [6, 6.07) is 3.68. The van der Waals surface area contributed by atoms with Crippen molar-refractivity contribution in [2.75, 3.05) is 13.6 Å². The number of alkyl halides is 2. The van der Waals surface area contributed by atoms with E-state index in [2.05, 4.69) is 21.6 Å². The molecule has 1 saturated carbocycles. The Morgan fingerprint density at radius 1 is 1.29 bits per heavy atom. The number of pyridine rings is 1. The minimum Gasteiger partial charge on any atom is -0.474 e. The highest BCUT2D eigenvalue weighted by Gasteiger charge is 2.25. The maximum Gasteiger partial charge on any atom is 0.345 e. The lowest BCUT2D eigenvalue weighted by atomic mass is 9.95. The van der Waals surface area contributed by atoms with Crippen molar-refractivity contribution in [1.82, 2.24) is 9.88 Å². The lowest BCUT2D eigenvalue weighted by Crippen LogP contribution is -2.29. The third-order valence-corrected chi connectivity index (χ3v) is 4.13. The fourth-order valence-electron chi connectivity index (χ4n) is 2.58. The quantitative estimate of drug-likeness (QED) is 0.557. The fraction of sp³-hybridized carbons (Fsp3) is 0.647. The second-order valence-electron chi connectivity index (χ2n) is 5.99. The molecule has 1 fully saturated rings. The Hall–Kier alpha value is -1.76. The van der Waals surface area contributed by atoms with Crippen molar-refractivity contribution >= 4 is 12.0 Å². The van der Waals surface area contributed by atoms with Crippen molar-refractivity contribution in [2.24, 2.45) is 4.99 Å². The molecule has 0 aromatic carbocycles. The van der Waals surface area contributed by atoms with Gasteiger partial charge in [-0.1, -0.05) is 0 Å². The largest absolute Gasteiger partial charge is 0.474 e. The van der Waals surface area contributed by atoms with Crippen LogP contribution in [0.1, 0.15) is 38.3 Å². The molecule has 0 spiro atoms. The number of rotatable bonds is 7. The smallest absolute Gasteiger partial charge is 0.345 e. The van der Waals surface area contributed by atoms with Gasteiger partial charge in [-0.05, 0) is 45.6 Å². The van der Waals surface area contributed by atoms with Gasteiger partial charge >= 0.3 is 6.61 Å². The maximum atomic E-state index is 12.2. The molecule has 0 N–H and O–H groups in total. The molecule has 134 valence electrons. The number of aryl methyl sites for hydroxylation is 1. The van der Waals surface area contributed by atoms with Crippen molar-refractivity contribution < 1.29 is 18.3 Å². The summed E-state index contributed by atoms with van der Waals surface area (Å²) in [7, 11) is 1.96. The topological polar surface area (TPSA) is 47.0 Å². The average Bonchev–Trinajstić information content (AvgIpc) is 2.55. The molecule has 0 unspecified atom stereocenters. The molecule has 2 rings (SSSR count). The van der Waals surface area contributed by atoms with E-state index in [-0.39, 0.29) is 12.2 Å². The van der Waals surface area contributed by atoms with E-state index in [0.29, 0.717) is 31.6 Å². The number of aliphatic imine (C=N–C) groups is 1. The molecule has 24 heavy (non-hydrogen) atoms. The Bertz CT molecular complexity index is 547. The van der Waals surface area contributed by atoms with Gasteiger partial charge in [-0.15, -0.1) is 0 Å². The van der Waals surface area contributed by atoms with Crippen LogP contribution in [0.25, 0.3) is 0 Å². The molecule has 0 bridgehead atoms. The van der Waals surface area contributed by atoms with E-state index in [0.717, 1.165) is 17.9 Å². The summed E-state index contributed by atoms with van der Waals surface area (Å²) in [5, 5.41) is 0. The molecular formula is C17H25F2N3O2. The van der Waals surface area contributed by atoms with Crippen LogP contribution in [0.15, 0.2) is 17.1 Å². The van der Waals surface area contributed by atoms with E-state index in [9.17, 15) is 8.78 Å². The average molecular weight is 341 g/mol. The van der Waals surface area contributed by atoms with Gasteiger partial charge in [0.15, 0.2) is 0 Å². The first-order valence-electron chi connectivity index (χ1n) is 8.30. The summed E-state index contributed by atoms with van der Waals surface area (Å²) in [5.74, 6) is 0.550. The molecule has 0 atom stereocenters. The molecule has 0 aliphatic heterocycles. The highest BCUT2D eigenvalue weighted by molar-refractivity contribution is 5.62. The molecule has 1 aliphatic rings. The minimum absolute atomic E-state index is 0.00463. The Labute approximate surface area is 141 Å². The number of hydrogen-bond acceptors (Lipinski definition) is 4. The van der Waals surface area contributed by atoms with E-state index in [4.69, 9.17) is 4.74 Å². The van der Waals surface area contributed by atoms with Crippen LogP contribution in [-0.2, 0) is 4.74 Å². The first-order chi connectivity index (χ1) is 11.5. The van der Waals surface area contributed by atoms with Crippen molar-refractivity contribution in [1.29, 1.82) is 0 Å². The van der Waals surface area contributed by atoms with E-state index >= 15 is 0 Å². The lowest BCUT2D eigenvalue weighted by molar-refractivity contribution is -0.173. The van der Waals surface area contributed by atoms with E-state index in [1.165, 1.54) is 0 Å². The lowest BCUT2D eigenvalue weighted by Gasteiger charge is -2.28. The van der Waals surface area contributed by atoms with Crippen LogP contribution in [0.3, 0.4) is 0 Å². The van der Waals surface area contributed by atoms with Gasteiger partial charge in [-0.25, -0.2) is 9.98 Å². The van der Waals surface area contributed by atoms with E-state index in [1.54, 1.807) is 12.4 Å². The van der Waals surface area contributed by atoms with Crippen LogP contribution in [0.4, 0.5) is 14.5 Å². The predicted octanol–water partition coefficient (Wildman–Crippen LogP) is 3.93. The highest BCUT2D eigenvalue weighted by atomic mass is 19.3. The standard InChI is InChI=1S/C17H25F2N3O2/c1-4-22(3)11-20-15-9-10-16(21-12(15)2)23-13-5-7-14(8-6-13)24-17(18)19/h9-11,13-14,17H,4-8H2,1-3H3/b20-11+. The zero-order valence-electron chi connectivity index (χ0n) is 14.4. The SMILES string of the molecule is CCN(C)/C=N/c1ccc(OC2CCC(OC(F)F)CC2)nc1C. The predicted molar refractivity (Wildman–Crippen MR) is 89.2 cm³/mol. The van der Waals surface area contributed by atoms with Gasteiger partial charge in [0.1, 0.15) is 6.10 Å².